The maximum atomic E-state index is 10.2. The smallest absolute Gasteiger partial charge is 0.127 e. The standard InChI is InChI=1S/C16H22BrNO2/c1-11(2)16(3,19)10-18-8-12-6-13-7-14(17)4-5-15(13)20-9-12/h4-7,11,18-19H,8-10H2,1-3H3. The Morgan fingerprint density at radius 3 is 2.90 bits per heavy atom. The third-order valence-corrected chi connectivity index (χ3v) is 4.32. The Kier molecular flexibility index (Phi) is 4.89. The van der Waals surface area contributed by atoms with E-state index in [9.17, 15) is 5.11 Å². The van der Waals surface area contributed by atoms with Crippen LogP contribution in [-0.2, 0) is 0 Å². The van der Waals surface area contributed by atoms with Gasteiger partial charge in [0, 0.05) is 23.1 Å². The van der Waals surface area contributed by atoms with Gasteiger partial charge in [-0.3, -0.25) is 0 Å². The van der Waals surface area contributed by atoms with Crippen molar-refractivity contribution in [3.05, 3.63) is 33.8 Å². The van der Waals surface area contributed by atoms with Crippen LogP contribution in [0.2, 0.25) is 0 Å². The molecule has 0 saturated heterocycles. The van der Waals surface area contributed by atoms with Crippen LogP contribution in [-0.4, -0.2) is 30.4 Å². The first-order valence-corrected chi connectivity index (χ1v) is 7.72. The molecule has 0 radical (unpaired) electrons. The van der Waals surface area contributed by atoms with Crippen molar-refractivity contribution in [2.24, 2.45) is 5.92 Å². The van der Waals surface area contributed by atoms with Crippen LogP contribution in [0.25, 0.3) is 6.08 Å². The monoisotopic (exact) mass is 339 g/mol. The topological polar surface area (TPSA) is 41.5 Å². The Morgan fingerprint density at radius 1 is 1.45 bits per heavy atom. The average molecular weight is 340 g/mol. The van der Waals surface area contributed by atoms with Crippen LogP contribution in [0.1, 0.15) is 26.3 Å². The molecule has 2 N–H and O–H groups in total. The summed E-state index contributed by atoms with van der Waals surface area (Å²) in [5.41, 5.74) is 1.60. The summed E-state index contributed by atoms with van der Waals surface area (Å²) in [5, 5.41) is 13.5. The highest BCUT2D eigenvalue weighted by Gasteiger charge is 2.24. The van der Waals surface area contributed by atoms with E-state index in [2.05, 4.69) is 33.4 Å². The molecule has 1 aliphatic heterocycles. The summed E-state index contributed by atoms with van der Waals surface area (Å²) < 4.78 is 6.78. The second-order valence-electron chi connectivity index (χ2n) is 5.89. The molecule has 0 saturated carbocycles. The summed E-state index contributed by atoms with van der Waals surface area (Å²) in [6.07, 6.45) is 2.15. The highest BCUT2D eigenvalue weighted by molar-refractivity contribution is 9.10. The number of nitrogens with one attached hydrogen (secondary N) is 1. The molecule has 0 aromatic heterocycles. The fourth-order valence-corrected chi connectivity index (χ4v) is 2.36. The lowest BCUT2D eigenvalue weighted by Crippen LogP contribution is -2.43. The fraction of sp³-hybridized carbons (Fsp3) is 0.500. The van der Waals surface area contributed by atoms with Gasteiger partial charge in [0.2, 0.25) is 0 Å². The van der Waals surface area contributed by atoms with Gasteiger partial charge in [-0.25, -0.2) is 0 Å². The van der Waals surface area contributed by atoms with Crippen molar-refractivity contribution in [1.29, 1.82) is 0 Å². The Labute approximate surface area is 129 Å². The van der Waals surface area contributed by atoms with Gasteiger partial charge in [0.05, 0.1) is 5.60 Å². The minimum atomic E-state index is -0.684. The van der Waals surface area contributed by atoms with Crippen LogP contribution >= 0.6 is 15.9 Å². The van der Waals surface area contributed by atoms with Crippen LogP contribution in [0.3, 0.4) is 0 Å². The van der Waals surface area contributed by atoms with Crippen molar-refractivity contribution in [2.75, 3.05) is 19.7 Å². The first-order valence-electron chi connectivity index (χ1n) is 6.93. The lowest BCUT2D eigenvalue weighted by atomic mass is 9.92. The van der Waals surface area contributed by atoms with E-state index in [0.717, 1.165) is 22.3 Å². The molecule has 0 aliphatic carbocycles. The van der Waals surface area contributed by atoms with Crippen molar-refractivity contribution in [3.8, 4) is 5.75 Å². The second-order valence-corrected chi connectivity index (χ2v) is 6.80. The molecule has 1 atom stereocenters. The molecule has 0 bridgehead atoms. The number of hydrogen-bond acceptors (Lipinski definition) is 3. The van der Waals surface area contributed by atoms with E-state index >= 15 is 0 Å². The molecule has 0 amide bonds. The maximum Gasteiger partial charge on any atom is 0.127 e. The molecule has 3 nitrogen and oxygen atoms in total. The quantitative estimate of drug-likeness (QED) is 0.865. The lowest BCUT2D eigenvalue weighted by Gasteiger charge is -2.28. The van der Waals surface area contributed by atoms with Gasteiger partial charge in [-0.1, -0.05) is 29.8 Å². The first-order chi connectivity index (χ1) is 9.38. The summed E-state index contributed by atoms with van der Waals surface area (Å²) >= 11 is 3.47. The third-order valence-electron chi connectivity index (χ3n) is 3.82. The Balaban J connectivity index is 1.95. The van der Waals surface area contributed by atoms with Crippen molar-refractivity contribution in [2.45, 2.75) is 26.4 Å². The number of hydrogen-bond donors (Lipinski definition) is 2. The van der Waals surface area contributed by atoms with Crippen molar-refractivity contribution in [1.82, 2.24) is 5.32 Å². The Bertz CT molecular complexity index is 509. The van der Waals surface area contributed by atoms with Gasteiger partial charge in [0.1, 0.15) is 12.4 Å². The summed E-state index contributed by atoms with van der Waals surface area (Å²) in [4.78, 5) is 0. The summed E-state index contributed by atoms with van der Waals surface area (Å²) in [6.45, 7) is 7.83. The Morgan fingerprint density at radius 2 is 2.20 bits per heavy atom. The van der Waals surface area contributed by atoms with Gasteiger partial charge in [-0.2, -0.15) is 0 Å². The van der Waals surface area contributed by atoms with Crippen molar-refractivity contribution < 1.29 is 9.84 Å². The summed E-state index contributed by atoms with van der Waals surface area (Å²) in [6, 6.07) is 6.01. The third kappa shape index (κ3) is 3.84. The minimum absolute atomic E-state index is 0.225. The van der Waals surface area contributed by atoms with Gasteiger partial charge in [0.25, 0.3) is 0 Å². The molecule has 110 valence electrons. The molecule has 2 rings (SSSR count). The van der Waals surface area contributed by atoms with Crippen molar-refractivity contribution >= 4 is 22.0 Å². The molecule has 1 unspecified atom stereocenters. The lowest BCUT2D eigenvalue weighted by molar-refractivity contribution is 0.0149. The summed E-state index contributed by atoms with van der Waals surface area (Å²) in [7, 11) is 0. The van der Waals surface area contributed by atoms with Gasteiger partial charge in [0.15, 0.2) is 0 Å². The summed E-state index contributed by atoms with van der Waals surface area (Å²) in [5.74, 6) is 1.15. The average Bonchev–Trinajstić information content (AvgIpc) is 2.37. The SMILES string of the molecule is CC(C)C(C)(O)CNCC1=Cc2cc(Br)ccc2OC1. The number of rotatable bonds is 5. The minimum Gasteiger partial charge on any atom is -0.489 e. The molecule has 1 heterocycles. The zero-order valence-corrected chi connectivity index (χ0v) is 13.8. The second kappa shape index (κ2) is 6.29. The van der Waals surface area contributed by atoms with E-state index in [1.165, 1.54) is 5.57 Å². The number of benzene rings is 1. The van der Waals surface area contributed by atoms with Crippen LogP contribution in [0.5, 0.6) is 5.75 Å². The molecule has 0 fully saturated rings. The van der Waals surface area contributed by atoms with E-state index in [1.54, 1.807) is 0 Å². The van der Waals surface area contributed by atoms with E-state index in [1.807, 2.05) is 32.9 Å². The molecule has 20 heavy (non-hydrogen) atoms. The highest BCUT2D eigenvalue weighted by Crippen LogP contribution is 2.28. The van der Waals surface area contributed by atoms with Crippen LogP contribution in [0.4, 0.5) is 0 Å². The molecule has 4 heteroatoms. The molecule has 1 aliphatic rings. The predicted octanol–water partition coefficient (Wildman–Crippen LogP) is 3.22. The van der Waals surface area contributed by atoms with Gasteiger partial charge in [-0.15, -0.1) is 0 Å². The van der Waals surface area contributed by atoms with E-state index in [0.29, 0.717) is 13.2 Å². The van der Waals surface area contributed by atoms with Gasteiger partial charge >= 0.3 is 0 Å². The zero-order chi connectivity index (χ0) is 14.8. The zero-order valence-electron chi connectivity index (χ0n) is 12.2. The number of halogens is 1. The molecule has 1 aromatic carbocycles. The fourth-order valence-electron chi connectivity index (χ4n) is 1.98. The Hall–Kier alpha value is -0.840. The van der Waals surface area contributed by atoms with Crippen molar-refractivity contribution in [3.63, 3.8) is 0 Å². The van der Waals surface area contributed by atoms with E-state index < -0.39 is 5.60 Å². The van der Waals surface area contributed by atoms with Gasteiger partial charge in [-0.05, 0) is 42.7 Å². The number of ether oxygens (including phenoxy) is 1. The molecule has 1 aromatic rings. The largest absolute Gasteiger partial charge is 0.489 e. The predicted molar refractivity (Wildman–Crippen MR) is 85.9 cm³/mol. The molecular weight excluding hydrogens is 318 g/mol. The molecular formula is C16H22BrNO2. The van der Waals surface area contributed by atoms with Crippen LogP contribution in [0, 0.1) is 5.92 Å². The highest BCUT2D eigenvalue weighted by atomic mass is 79.9. The number of aliphatic hydroxyl groups is 1. The maximum absolute atomic E-state index is 10.2. The molecule has 0 spiro atoms. The van der Waals surface area contributed by atoms with Crippen LogP contribution in [0.15, 0.2) is 28.2 Å². The normalized spacial score (nSPS) is 17.2. The number of fused-ring (bicyclic) bond motifs is 1. The first kappa shape index (κ1) is 15.5. The van der Waals surface area contributed by atoms with Crippen LogP contribution < -0.4 is 10.1 Å². The van der Waals surface area contributed by atoms with Gasteiger partial charge < -0.3 is 15.2 Å². The van der Waals surface area contributed by atoms with E-state index in [4.69, 9.17) is 4.74 Å². The van der Waals surface area contributed by atoms with E-state index in [-0.39, 0.29) is 5.92 Å².